The van der Waals surface area contributed by atoms with E-state index in [4.69, 9.17) is 14.2 Å². The van der Waals surface area contributed by atoms with Crippen molar-refractivity contribution in [3.05, 3.63) is 118 Å². The Morgan fingerprint density at radius 1 is 1.03 bits per heavy atom. The highest BCUT2D eigenvalue weighted by atomic mass is 16.7. The number of nitrogens with zero attached hydrogens (tertiary/aromatic N) is 1. The van der Waals surface area contributed by atoms with Crippen LogP contribution in [0.2, 0.25) is 0 Å². The number of aryl methyl sites for hydroxylation is 1. The predicted octanol–water partition coefficient (Wildman–Crippen LogP) is 5.67. The summed E-state index contributed by atoms with van der Waals surface area (Å²) in [6, 6.07) is 25.2. The van der Waals surface area contributed by atoms with Gasteiger partial charge in [-0.15, -0.1) is 0 Å². The third-order valence-corrected chi connectivity index (χ3v) is 6.58. The molecule has 0 unspecified atom stereocenters. The Kier molecular flexibility index (Phi) is 7.89. The number of methoxy groups -OCH3 is 1. The van der Waals surface area contributed by atoms with Crippen LogP contribution in [0.1, 0.15) is 28.8 Å². The van der Waals surface area contributed by atoms with Crippen molar-refractivity contribution in [2.75, 3.05) is 25.8 Å². The van der Waals surface area contributed by atoms with Crippen LogP contribution in [0.4, 0.5) is 5.69 Å². The smallest absolute Gasteiger partial charge is 0.251 e. The fourth-order valence-corrected chi connectivity index (χ4v) is 4.46. The summed E-state index contributed by atoms with van der Waals surface area (Å²) in [5, 5.41) is 15.3. The summed E-state index contributed by atoms with van der Waals surface area (Å²) >= 11 is 0. The van der Waals surface area contributed by atoms with Gasteiger partial charge < -0.3 is 24.7 Å². The molecule has 1 aromatic heterocycles. The Hall–Kier alpha value is -4.62. The highest BCUT2D eigenvalue weighted by Gasteiger charge is 2.18. The van der Waals surface area contributed by atoms with E-state index in [0.717, 1.165) is 32.7 Å². The highest BCUT2D eigenvalue weighted by molar-refractivity contribution is 6.07. The van der Waals surface area contributed by atoms with E-state index in [-0.39, 0.29) is 12.7 Å². The van der Waals surface area contributed by atoms with Gasteiger partial charge >= 0.3 is 0 Å². The van der Waals surface area contributed by atoms with Crippen LogP contribution in [0, 0.1) is 12.1 Å². The third kappa shape index (κ3) is 6.27. The van der Waals surface area contributed by atoms with Gasteiger partial charge in [0, 0.05) is 36.4 Å². The quantitative estimate of drug-likeness (QED) is 0.183. The second-order valence-corrected chi connectivity index (χ2v) is 9.41. The lowest BCUT2D eigenvalue weighted by Crippen LogP contribution is -2.32. The van der Waals surface area contributed by atoms with Crippen molar-refractivity contribution in [2.24, 2.45) is 0 Å². The first-order valence-corrected chi connectivity index (χ1v) is 12.8. The number of benzene rings is 3. The number of hydrogen-bond donors (Lipinski definition) is 1. The van der Waals surface area contributed by atoms with Crippen molar-refractivity contribution in [2.45, 2.75) is 19.8 Å². The van der Waals surface area contributed by atoms with Crippen LogP contribution >= 0.6 is 0 Å². The zero-order valence-corrected chi connectivity index (χ0v) is 22.0. The molecule has 0 atom stereocenters. The molecule has 0 saturated carbocycles. The van der Waals surface area contributed by atoms with Crippen molar-refractivity contribution < 1.29 is 23.7 Å². The SMILES string of the molecule is COCOc1ccc[n+]([O-])c1Cc1ccc(NC(=O)C2=Cc3cc(-c4ccc(C)cc4)ccc3OCC2)cc1. The summed E-state index contributed by atoms with van der Waals surface area (Å²) in [6.45, 7) is 2.55. The van der Waals surface area contributed by atoms with Gasteiger partial charge in [0.1, 0.15) is 5.75 Å². The van der Waals surface area contributed by atoms with E-state index in [1.54, 1.807) is 12.1 Å². The molecule has 2 heterocycles. The van der Waals surface area contributed by atoms with Gasteiger partial charge in [-0.3, -0.25) is 4.79 Å². The van der Waals surface area contributed by atoms with E-state index in [1.165, 1.54) is 18.9 Å². The lowest BCUT2D eigenvalue weighted by Gasteiger charge is -2.11. The molecule has 0 bridgehead atoms. The van der Waals surface area contributed by atoms with Crippen LogP contribution in [0.15, 0.2) is 90.6 Å². The Morgan fingerprint density at radius 3 is 2.56 bits per heavy atom. The molecule has 3 aromatic carbocycles. The van der Waals surface area contributed by atoms with Gasteiger partial charge in [-0.2, -0.15) is 4.73 Å². The summed E-state index contributed by atoms with van der Waals surface area (Å²) < 4.78 is 17.2. The van der Waals surface area contributed by atoms with E-state index >= 15 is 0 Å². The van der Waals surface area contributed by atoms with E-state index in [2.05, 4.69) is 42.6 Å². The van der Waals surface area contributed by atoms with Gasteiger partial charge in [0.05, 0.1) is 13.0 Å². The topological polar surface area (TPSA) is 83.7 Å². The van der Waals surface area contributed by atoms with Crippen LogP contribution in [0.25, 0.3) is 17.2 Å². The standard InChI is InChI=1S/C32H30N2O5/c1-22-5-9-24(10-6-22)25-11-14-30-27(19-25)20-26(15-17-38-30)32(35)33-28-12-7-23(8-13-28)18-29-31(39-21-37-2)4-3-16-34(29)36/h3-14,16,19-20H,15,17-18,21H2,1-2H3,(H,33,35). The van der Waals surface area contributed by atoms with Gasteiger partial charge in [-0.1, -0.05) is 48.0 Å². The van der Waals surface area contributed by atoms with Gasteiger partial charge in [0.2, 0.25) is 5.69 Å². The van der Waals surface area contributed by atoms with Crippen molar-refractivity contribution in [3.63, 3.8) is 0 Å². The molecular formula is C32H30N2O5. The number of nitrogens with one attached hydrogen (secondary N) is 1. The number of carbonyl (C=O) groups is 1. The average Bonchev–Trinajstić information content (AvgIpc) is 3.17. The number of anilines is 1. The summed E-state index contributed by atoms with van der Waals surface area (Å²) in [6.07, 6.45) is 4.23. The van der Waals surface area contributed by atoms with Gasteiger partial charge in [0.25, 0.3) is 5.91 Å². The molecule has 0 aliphatic carbocycles. The molecule has 0 radical (unpaired) electrons. The number of fused-ring (bicyclic) bond motifs is 1. The molecule has 39 heavy (non-hydrogen) atoms. The molecule has 7 nitrogen and oxygen atoms in total. The molecule has 5 rings (SSSR count). The Bertz CT molecular complexity index is 1490. The fourth-order valence-electron chi connectivity index (χ4n) is 4.46. The van der Waals surface area contributed by atoms with E-state index < -0.39 is 0 Å². The summed E-state index contributed by atoms with van der Waals surface area (Å²) in [5.74, 6) is 1.07. The molecule has 0 spiro atoms. The first-order valence-electron chi connectivity index (χ1n) is 12.8. The fraction of sp³-hybridized carbons (Fsp3) is 0.188. The maximum absolute atomic E-state index is 13.2. The van der Waals surface area contributed by atoms with Gasteiger partial charge in [-0.05, 0) is 60.0 Å². The average molecular weight is 523 g/mol. The number of carbonyl (C=O) groups excluding carboxylic acids is 1. The Labute approximate surface area is 227 Å². The maximum atomic E-state index is 13.2. The minimum atomic E-state index is -0.171. The molecule has 1 amide bonds. The van der Waals surface area contributed by atoms with Crippen molar-refractivity contribution >= 4 is 17.7 Å². The molecule has 1 aliphatic rings. The summed E-state index contributed by atoms with van der Waals surface area (Å²) in [5.41, 5.74) is 6.98. The Balaban J connectivity index is 1.30. The molecule has 0 fully saturated rings. The number of ether oxygens (including phenoxy) is 3. The third-order valence-electron chi connectivity index (χ3n) is 6.58. The van der Waals surface area contributed by atoms with Crippen molar-refractivity contribution in [1.29, 1.82) is 0 Å². The number of pyridine rings is 1. The number of aromatic nitrogens is 1. The lowest BCUT2D eigenvalue weighted by molar-refractivity contribution is -0.614. The van der Waals surface area contributed by atoms with Crippen LogP contribution in [-0.4, -0.2) is 26.4 Å². The molecule has 7 heteroatoms. The number of rotatable bonds is 8. The first kappa shape index (κ1) is 26.0. The molecule has 0 saturated heterocycles. The zero-order valence-electron chi connectivity index (χ0n) is 22.0. The van der Waals surface area contributed by atoms with Crippen LogP contribution in [-0.2, 0) is 16.0 Å². The van der Waals surface area contributed by atoms with Crippen LogP contribution < -0.4 is 19.5 Å². The summed E-state index contributed by atoms with van der Waals surface area (Å²) in [4.78, 5) is 13.2. The number of amides is 1. The summed E-state index contributed by atoms with van der Waals surface area (Å²) in [7, 11) is 1.53. The molecule has 198 valence electrons. The predicted molar refractivity (Wildman–Crippen MR) is 150 cm³/mol. The lowest BCUT2D eigenvalue weighted by atomic mass is 10.00. The molecular weight excluding hydrogens is 492 g/mol. The van der Waals surface area contributed by atoms with Crippen molar-refractivity contribution in [1.82, 2.24) is 0 Å². The molecule has 1 aliphatic heterocycles. The normalized spacial score (nSPS) is 12.5. The monoisotopic (exact) mass is 522 g/mol. The van der Waals surface area contributed by atoms with Crippen LogP contribution in [0.3, 0.4) is 0 Å². The van der Waals surface area contributed by atoms with E-state index in [0.29, 0.717) is 42.2 Å². The number of hydrogen-bond acceptors (Lipinski definition) is 5. The van der Waals surface area contributed by atoms with E-state index in [1.807, 2.05) is 42.5 Å². The van der Waals surface area contributed by atoms with Crippen molar-refractivity contribution in [3.8, 4) is 22.6 Å². The van der Waals surface area contributed by atoms with Gasteiger partial charge in [-0.25, -0.2) is 0 Å². The maximum Gasteiger partial charge on any atom is 0.251 e. The highest BCUT2D eigenvalue weighted by Crippen LogP contribution is 2.31. The minimum Gasteiger partial charge on any atom is -0.618 e. The Morgan fingerprint density at radius 2 is 1.79 bits per heavy atom. The first-order chi connectivity index (χ1) is 19.0. The largest absolute Gasteiger partial charge is 0.618 e. The second-order valence-electron chi connectivity index (χ2n) is 9.41. The van der Waals surface area contributed by atoms with Crippen LogP contribution in [0.5, 0.6) is 11.5 Å². The minimum absolute atomic E-state index is 0.0562. The molecule has 4 aromatic rings. The second kappa shape index (κ2) is 11.8. The van der Waals surface area contributed by atoms with E-state index in [9.17, 15) is 10.0 Å². The molecule has 1 N–H and O–H groups in total. The zero-order chi connectivity index (χ0) is 27.2. The van der Waals surface area contributed by atoms with Gasteiger partial charge in [0.15, 0.2) is 18.7 Å².